The first-order valence-electron chi connectivity index (χ1n) is 8.14. The van der Waals surface area contributed by atoms with E-state index < -0.39 is 5.79 Å². The van der Waals surface area contributed by atoms with E-state index in [1.165, 1.54) is 0 Å². The van der Waals surface area contributed by atoms with Crippen LogP contribution in [-0.4, -0.2) is 47.9 Å². The van der Waals surface area contributed by atoms with Crippen molar-refractivity contribution in [2.45, 2.75) is 25.0 Å². The maximum absolute atomic E-state index is 12.6. The molecule has 2 saturated heterocycles. The van der Waals surface area contributed by atoms with Gasteiger partial charge in [0.05, 0.1) is 25.2 Å². The average Bonchev–Trinajstić information content (AvgIpc) is 3.04. The number of hydrogen-bond donors (Lipinski definition) is 0. The fourth-order valence-electron chi connectivity index (χ4n) is 3.47. The van der Waals surface area contributed by atoms with Crippen molar-refractivity contribution in [1.29, 1.82) is 0 Å². The van der Waals surface area contributed by atoms with Gasteiger partial charge in [0.25, 0.3) is 0 Å². The highest BCUT2D eigenvalue weighted by molar-refractivity contribution is 5.87. The number of benzene rings is 1. The second-order valence-corrected chi connectivity index (χ2v) is 6.16. The monoisotopic (exact) mass is 312 g/mol. The van der Waals surface area contributed by atoms with Gasteiger partial charge in [-0.05, 0) is 11.6 Å². The number of para-hydroxylation sites is 1. The molecule has 2 fully saturated rings. The summed E-state index contributed by atoms with van der Waals surface area (Å²) in [6.07, 6.45) is 3.68. The Kier molecular flexibility index (Phi) is 3.75. The molecule has 1 aromatic heterocycles. The SMILES string of the molecule is O=C(Cc1cccc2cccnc12)N1CCC2(CC1)OCCO2. The first-order valence-corrected chi connectivity index (χ1v) is 8.14. The van der Waals surface area contributed by atoms with Crippen LogP contribution in [0.15, 0.2) is 36.5 Å². The van der Waals surface area contributed by atoms with Crippen molar-refractivity contribution in [2.24, 2.45) is 0 Å². The van der Waals surface area contributed by atoms with Gasteiger partial charge in [0.15, 0.2) is 5.79 Å². The summed E-state index contributed by atoms with van der Waals surface area (Å²) in [6.45, 7) is 2.71. The molecule has 0 N–H and O–H groups in total. The van der Waals surface area contributed by atoms with Crippen molar-refractivity contribution < 1.29 is 14.3 Å². The molecule has 0 aliphatic carbocycles. The summed E-state index contributed by atoms with van der Waals surface area (Å²) in [5.41, 5.74) is 1.90. The lowest BCUT2D eigenvalue weighted by atomic mass is 10.0. The number of pyridine rings is 1. The number of piperidine rings is 1. The quantitative estimate of drug-likeness (QED) is 0.852. The van der Waals surface area contributed by atoms with Crippen molar-refractivity contribution in [3.05, 3.63) is 42.1 Å². The molecule has 2 aromatic rings. The summed E-state index contributed by atoms with van der Waals surface area (Å²) in [6, 6.07) is 9.94. The van der Waals surface area contributed by atoms with Gasteiger partial charge in [-0.1, -0.05) is 24.3 Å². The van der Waals surface area contributed by atoms with Gasteiger partial charge in [-0.25, -0.2) is 0 Å². The van der Waals surface area contributed by atoms with E-state index in [4.69, 9.17) is 9.47 Å². The molecule has 0 radical (unpaired) electrons. The smallest absolute Gasteiger partial charge is 0.227 e. The lowest BCUT2D eigenvalue weighted by Crippen LogP contribution is -2.47. The number of amides is 1. The molecule has 3 heterocycles. The van der Waals surface area contributed by atoms with Crippen LogP contribution in [0, 0.1) is 0 Å². The van der Waals surface area contributed by atoms with Gasteiger partial charge in [0.2, 0.25) is 5.91 Å². The van der Waals surface area contributed by atoms with Crippen LogP contribution in [0.25, 0.3) is 10.9 Å². The van der Waals surface area contributed by atoms with Crippen molar-refractivity contribution in [2.75, 3.05) is 26.3 Å². The Morgan fingerprint density at radius 3 is 2.65 bits per heavy atom. The first-order chi connectivity index (χ1) is 11.3. The molecule has 5 heteroatoms. The van der Waals surface area contributed by atoms with Crippen LogP contribution in [0.1, 0.15) is 18.4 Å². The van der Waals surface area contributed by atoms with Gasteiger partial charge in [-0.3, -0.25) is 9.78 Å². The van der Waals surface area contributed by atoms with Gasteiger partial charge >= 0.3 is 0 Å². The van der Waals surface area contributed by atoms with Crippen LogP contribution in [0.5, 0.6) is 0 Å². The third-order valence-electron chi connectivity index (χ3n) is 4.75. The Morgan fingerprint density at radius 2 is 1.87 bits per heavy atom. The number of carbonyl (C=O) groups excluding carboxylic acids is 1. The highest BCUT2D eigenvalue weighted by atomic mass is 16.7. The molecule has 2 aliphatic heterocycles. The van der Waals surface area contributed by atoms with Crippen molar-refractivity contribution in [3.63, 3.8) is 0 Å². The Balaban J connectivity index is 1.46. The van der Waals surface area contributed by atoms with E-state index in [-0.39, 0.29) is 5.91 Å². The first kappa shape index (κ1) is 14.6. The van der Waals surface area contributed by atoms with E-state index in [1.54, 1.807) is 6.20 Å². The van der Waals surface area contributed by atoms with Gasteiger partial charge in [0, 0.05) is 37.5 Å². The third kappa shape index (κ3) is 2.82. The number of carbonyl (C=O) groups is 1. The number of fused-ring (bicyclic) bond motifs is 1. The maximum Gasteiger partial charge on any atom is 0.227 e. The highest BCUT2D eigenvalue weighted by Crippen LogP contribution is 2.31. The largest absolute Gasteiger partial charge is 0.347 e. The summed E-state index contributed by atoms with van der Waals surface area (Å²) >= 11 is 0. The molecule has 0 atom stereocenters. The minimum Gasteiger partial charge on any atom is -0.347 e. The van der Waals surface area contributed by atoms with Crippen LogP contribution >= 0.6 is 0 Å². The van der Waals surface area contributed by atoms with E-state index in [0.717, 1.165) is 29.3 Å². The predicted octanol–water partition coefficient (Wildman–Crippen LogP) is 2.14. The number of ether oxygens (including phenoxy) is 2. The summed E-state index contributed by atoms with van der Waals surface area (Å²) in [4.78, 5) is 19.0. The van der Waals surface area contributed by atoms with Gasteiger partial charge in [-0.15, -0.1) is 0 Å². The Hall–Kier alpha value is -1.98. The molecule has 1 amide bonds. The Bertz CT molecular complexity index is 710. The Labute approximate surface area is 135 Å². The third-order valence-corrected chi connectivity index (χ3v) is 4.75. The fourth-order valence-corrected chi connectivity index (χ4v) is 3.47. The molecular formula is C18H20N2O3. The zero-order chi connectivity index (χ0) is 15.7. The lowest BCUT2D eigenvalue weighted by molar-refractivity contribution is -0.187. The van der Waals surface area contributed by atoms with Crippen molar-refractivity contribution in [3.8, 4) is 0 Å². The Morgan fingerprint density at radius 1 is 1.13 bits per heavy atom. The zero-order valence-electron chi connectivity index (χ0n) is 13.0. The molecule has 23 heavy (non-hydrogen) atoms. The maximum atomic E-state index is 12.6. The van der Waals surface area contributed by atoms with Crippen LogP contribution in [0.3, 0.4) is 0 Å². The van der Waals surface area contributed by atoms with Gasteiger partial charge < -0.3 is 14.4 Å². The summed E-state index contributed by atoms with van der Waals surface area (Å²) in [5, 5.41) is 1.07. The molecule has 4 rings (SSSR count). The van der Waals surface area contributed by atoms with E-state index in [2.05, 4.69) is 4.98 Å². The topological polar surface area (TPSA) is 51.7 Å². The molecule has 0 unspecified atom stereocenters. The summed E-state index contributed by atoms with van der Waals surface area (Å²) < 4.78 is 11.4. The van der Waals surface area contributed by atoms with Crippen molar-refractivity contribution >= 4 is 16.8 Å². The minimum absolute atomic E-state index is 0.149. The summed E-state index contributed by atoms with van der Waals surface area (Å²) in [5.74, 6) is -0.284. The van der Waals surface area contributed by atoms with Crippen LogP contribution in [-0.2, 0) is 20.7 Å². The molecule has 1 spiro atoms. The second kappa shape index (κ2) is 5.91. The van der Waals surface area contributed by atoms with E-state index >= 15 is 0 Å². The van der Waals surface area contributed by atoms with Crippen molar-refractivity contribution in [1.82, 2.24) is 9.88 Å². The average molecular weight is 312 g/mol. The van der Waals surface area contributed by atoms with Gasteiger partial charge in [-0.2, -0.15) is 0 Å². The zero-order valence-corrected chi connectivity index (χ0v) is 13.0. The predicted molar refractivity (Wildman–Crippen MR) is 85.9 cm³/mol. The highest BCUT2D eigenvalue weighted by Gasteiger charge is 2.40. The van der Waals surface area contributed by atoms with Gasteiger partial charge in [0.1, 0.15) is 0 Å². The summed E-state index contributed by atoms with van der Waals surface area (Å²) in [7, 11) is 0. The van der Waals surface area contributed by atoms with E-state index in [0.29, 0.717) is 32.7 Å². The van der Waals surface area contributed by atoms with E-state index in [1.807, 2.05) is 35.2 Å². The molecule has 1 aromatic carbocycles. The normalized spacial score (nSPS) is 20.3. The van der Waals surface area contributed by atoms with Crippen LogP contribution in [0.2, 0.25) is 0 Å². The fraction of sp³-hybridized carbons (Fsp3) is 0.444. The number of likely N-dealkylation sites (tertiary alicyclic amines) is 1. The van der Waals surface area contributed by atoms with Crippen LogP contribution < -0.4 is 0 Å². The number of nitrogens with zero attached hydrogens (tertiary/aromatic N) is 2. The van der Waals surface area contributed by atoms with E-state index in [9.17, 15) is 4.79 Å². The molecule has 0 saturated carbocycles. The number of aromatic nitrogens is 1. The molecule has 2 aliphatic rings. The molecular weight excluding hydrogens is 292 g/mol. The molecule has 0 bridgehead atoms. The number of rotatable bonds is 2. The minimum atomic E-state index is -0.433. The van der Waals surface area contributed by atoms with Crippen LogP contribution in [0.4, 0.5) is 0 Å². The standard InChI is InChI=1S/C18H20N2O3/c21-16(20-9-6-18(7-10-20)22-11-12-23-18)13-15-4-1-3-14-5-2-8-19-17(14)15/h1-5,8H,6-7,9-13H2. The second-order valence-electron chi connectivity index (χ2n) is 6.16. The molecule has 120 valence electrons. The lowest BCUT2D eigenvalue weighted by Gasteiger charge is -2.37. The molecule has 5 nitrogen and oxygen atoms in total. The number of hydrogen-bond acceptors (Lipinski definition) is 4.